The summed E-state index contributed by atoms with van der Waals surface area (Å²) in [4.78, 5) is 19.2. The van der Waals surface area contributed by atoms with Crippen molar-refractivity contribution in [3.05, 3.63) is 49.3 Å². The lowest BCUT2D eigenvalue weighted by Gasteiger charge is -2.09. The Morgan fingerprint density at radius 2 is 2.04 bits per heavy atom. The lowest BCUT2D eigenvalue weighted by Crippen LogP contribution is -2.24. The van der Waals surface area contributed by atoms with E-state index < -0.39 is 6.67 Å². The van der Waals surface area contributed by atoms with Crippen LogP contribution in [0.1, 0.15) is 16.3 Å². The van der Waals surface area contributed by atoms with Crippen LogP contribution in [-0.2, 0) is 6.54 Å². The second-order valence-corrected chi connectivity index (χ2v) is 7.56. The van der Waals surface area contributed by atoms with E-state index in [1.807, 2.05) is 26.0 Å². The molecule has 0 fully saturated rings. The molecule has 1 aromatic carbocycles. The molecule has 0 aliphatic carbocycles. The molecule has 0 aliphatic heterocycles. The molecule has 0 bridgehead atoms. The quantitative estimate of drug-likeness (QED) is 0.640. The van der Waals surface area contributed by atoms with Gasteiger partial charge in [-0.15, -0.1) is 11.3 Å². The fourth-order valence-corrected chi connectivity index (χ4v) is 4.32. The molecule has 120 valence electrons. The molecule has 0 N–H and O–H groups in total. The lowest BCUT2D eigenvalue weighted by atomic mass is 10.0. The Labute approximate surface area is 145 Å². The number of benzene rings is 1. The van der Waals surface area contributed by atoms with E-state index >= 15 is 0 Å². The first-order valence-electron chi connectivity index (χ1n) is 7.27. The van der Waals surface area contributed by atoms with Gasteiger partial charge in [0.1, 0.15) is 17.3 Å². The van der Waals surface area contributed by atoms with E-state index in [9.17, 15) is 9.18 Å². The number of aromatic nitrogens is 2. The molecule has 3 rings (SSSR count). The van der Waals surface area contributed by atoms with Crippen molar-refractivity contribution in [2.75, 3.05) is 6.67 Å². The summed E-state index contributed by atoms with van der Waals surface area (Å²) in [5.74, 6) is 0.552. The van der Waals surface area contributed by atoms with Crippen LogP contribution in [-0.4, -0.2) is 16.2 Å². The third-order valence-electron chi connectivity index (χ3n) is 3.88. The highest BCUT2D eigenvalue weighted by Crippen LogP contribution is 2.39. The van der Waals surface area contributed by atoms with Crippen LogP contribution in [0.2, 0.25) is 0 Å². The Morgan fingerprint density at radius 1 is 1.30 bits per heavy atom. The number of aryl methyl sites for hydroxylation is 3. The van der Waals surface area contributed by atoms with Gasteiger partial charge in [0.25, 0.3) is 5.56 Å². The highest BCUT2D eigenvalue weighted by atomic mass is 79.9. The number of hydrogen-bond acceptors (Lipinski definition) is 3. The van der Waals surface area contributed by atoms with Crippen LogP contribution in [0.3, 0.4) is 0 Å². The van der Waals surface area contributed by atoms with Crippen LogP contribution in [0.4, 0.5) is 4.39 Å². The molecule has 2 aromatic heterocycles. The Balaban J connectivity index is 2.42. The van der Waals surface area contributed by atoms with Crippen molar-refractivity contribution < 1.29 is 4.39 Å². The van der Waals surface area contributed by atoms with Gasteiger partial charge in [-0.1, -0.05) is 33.6 Å². The highest BCUT2D eigenvalue weighted by Gasteiger charge is 2.20. The average Bonchev–Trinajstić information content (AvgIpc) is 2.82. The topological polar surface area (TPSA) is 34.9 Å². The second-order valence-electron chi connectivity index (χ2n) is 5.50. The first kappa shape index (κ1) is 16.3. The number of alkyl halides is 1. The SMILES string of the molecule is Cc1ccc(Br)c(-c2c(C)sc3nc(C)n(CCF)c(=O)c23)c1. The van der Waals surface area contributed by atoms with Crippen LogP contribution in [0, 0.1) is 20.8 Å². The van der Waals surface area contributed by atoms with Gasteiger partial charge in [-0.25, -0.2) is 9.37 Å². The van der Waals surface area contributed by atoms with E-state index in [4.69, 9.17) is 0 Å². The molecule has 0 saturated carbocycles. The van der Waals surface area contributed by atoms with Gasteiger partial charge in [-0.2, -0.15) is 0 Å². The molecule has 0 spiro atoms. The van der Waals surface area contributed by atoms with Crippen molar-refractivity contribution >= 4 is 37.5 Å². The Morgan fingerprint density at radius 3 is 2.74 bits per heavy atom. The van der Waals surface area contributed by atoms with Crippen molar-refractivity contribution in [1.29, 1.82) is 0 Å². The molecular formula is C17H16BrFN2OS. The summed E-state index contributed by atoms with van der Waals surface area (Å²) in [7, 11) is 0. The molecule has 6 heteroatoms. The third-order valence-corrected chi connectivity index (χ3v) is 5.57. The highest BCUT2D eigenvalue weighted by molar-refractivity contribution is 9.10. The van der Waals surface area contributed by atoms with E-state index in [-0.39, 0.29) is 12.1 Å². The zero-order chi connectivity index (χ0) is 16.7. The van der Waals surface area contributed by atoms with Gasteiger partial charge >= 0.3 is 0 Å². The van der Waals surface area contributed by atoms with E-state index in [0.29, 0.717) is 16.0 Å². The first-order chi connectivity index (χ1) is 10.9. The fourth-order valence-electron chi connectivity index (χ4n) is 2.80. The van der Waals surface area contributed by atoms with Crippen LogP contribution in [0.5, 0.6) is 0 Å². The van der Waals surface area contributed by atoms with Crippen LogP contribution in [0.15, 0.2) is 27.5 Å². The molecule has 0 saturated heterocycles. The van der Waals surface area contributed by atoms with Gasteiger partial charge in [0.2, 0.25) is 0 Å². The molecular weight excluding hydrogens is 379 g/mol. The molecule has 0 atom stereocenters. The molecule has 2 heterocycles. The van der Waals surface area contributed by atoms with Gasteiger partial charge in [-0.05, 0) is 32.4 Å². The maximum absolute atomic E-state index is 12.9. The van der Waals surface area contributed by atoms with Gasteiger partial charge in [0.15, 0.2) is 0 Å². The zero-order valence-electron chi connectivity index (χ0n) is 13.1. The molecule has 3 nitrogen and oxygen atoms in total. The smallest absolute Gasteiger partial charge is 0.262 e. The summed E-state index contributed by atoms with van der Waals surface area (Å²) in [6.45, 7) is 5.21. The van der Waals surface area contributed by atoms with Gasteiger partial charge in [-0.3, -0.25) is 9.36 Å². The average molecular weight is 395 g/mol. The molecule has 0 aliphatic rings. The first-order valence-corrected chi connectivity index (χ1v) is 8.88. The minimum atomic E-state index is -0.583. The minimum Gasteiger partial charge on any atom is -0.294 e. The maximum atomic E-state index is 12.9. The number of fused-ring (bicyclic) bond motifs is 1. The molecule has 0 unspecified atom stereocenters. The summed E-state index contributed by atoms with van der Waals surface area (Å²) in [5, 5.41) is 0.581. The van der Waals surface area contributed by atoms with Crippen molar-refractivity contribution in [2.24, 2.45) is 0 Å². The van der Waals surface area contributed by atoms with Crippen LogP contribution < -0.4 is 5.56 Å². The van der Waals surface area contributed by atoms with Crippen LogP contribution in [0.25, 0.3) is 21.3 Å². The maximum Gasteiger partial charge on any atom is 0.262 e. The summed E-state index contributed by atoms with van der Waals surface area (Å²) in [6.07, 6.45) is 0. The number of thiophene rings is 1. The minimum absolute atomic E-state index is 0.0386. The Bertz CT molecular complexity index is 961. The standard InChI is InChI=1S/C17H16BrFN2OS/c1-9-4-5-13(18)12(8-9)14-10(2)23-16-15(14)17(22)21(7-6-19)11(3)20-16/h4-5,8H,6-7H2,1-3H3. The van der Waals surface area contributed by atoms with Crippen LogP contribution >= 0.6 is 27.3 Å². The Hall–Kier alpha value is -1.53. The van der Waals surface area contributed by atoms with Gasteiger partial charge in [0, 0.05) is 14.9 Å². The number of hydrogen-bond donors (Lipinski definition) is 0. The molecule has 0 radical (unpaired) electrons. The third kappa shape index (κ3) is 2.74. The van der Waals surface area contributed by atoms with E-state index in [0.717, 1.165) is 26.0 Å². The van der Waals surface area contributed by atoms with Crippen molar-refractivity contribution in [2.45, 2.75) is 27.3 Å². The summed E-state index contributed by atoms with van der Waals surface area (Å²) in [6, 6.07) is 6.05. The summed E-state index contributed by atoms with van der Waals surface area (Å²) < 4.78 is 15.1. The Kier molecular flexibility index (Phi) is 4.38. The number of rotatable bonds is 3. The van der Waals surface area contributed by atoms with E-state index in [1.165, 1.54) is 15.9 Å². The van der Waals surface area contributed by atoms with Crippen molar-refractivity contribution in [1.82, 2.24) is 9.55 Å². The largest absolute Gasteiger partial charge is 0.294 e. The monoisotopic (exact) mass is 394 g/mol. The molecule has 23 heavy (non-hydrogen) atoms. The molecule has 3 aromatic rings. The normalized spacial score (nSPS) is 11.3. The van der Waals surface area contributed by atoms with Gasteiger partial charge in [0.05, 0.1) is 11.9 Å². The van der Waals surface area contributed by atoms with Gasteiger partial charge < -0.3 is 0 Å². The number of halogens is 2. The summed E-state index contributed by atoms with van der Waals surface area (Å²) >= 11 is 5.08. The van der Waals surface area contributed by atoms with Crippen molar-refractivity contribution in [3.8, 4) is 11.1 Å². The number of nitrogens with zero attached hydrogens (tertiary/aromatic N) is 2. The summed E-state index contributed by atoms with van der Waals surface area (Å²) in [5.41, 5.74) is 2.82. The predicted octanol–water partition coefficient (Wildman–Crippen LogP) is 4.78. The zero-order valence-corrected chi connectivity index (χ0v) is 15.5. The lowest BCUT2D eigenvalue weighted by molar-refractivity contribution is 0.435. The van der Waals surface area contributed by atoms with E-state index in [1.54, 1.807) is 6.92 Å². The van der Waals surface area contributed by atoms with E-state index in [2.05, 4.69) is 27.0 Å². The fraction of sp³-hybridized carbons (Fsp3) is 0.294. The van der Waals surface area contributed by atoms with Crippen molar-refractivity contribution in [3.63, 3.8) is 0 Å². The molecule has 0 amide bonds. The predicted molar refractivity (Wildman–Crippen MR) is 97.2 cm³/mol. The second kappa shape index (κ2) is 6.17.